The maximum absolute atomic E-state index is 12.9. The van der Waals surface area contributed by atoms with Crippen LogP contribution in [0.25, 0.3) is 0 Å². The van der Waals surface area contributed by atoms with E-state index in [9.17, 15) is 14.3 Å². The molecule has 1 aromatic carbocycles. The molecule has 0 aliphatic carbocycles. The highest BCUT2D eigenvalue weighted by Gasteiger charge is 2.38. The first-order valence-corrected chi connectivity index (χ1v) is 9.56. The van der Waals surface area contributed by atoms with Gasteiger partial charge in [-0.1, -0.05) is 6.07 Å². The molecule has 0 spiro atoms. The number of hydrogen-bond acceptors (Lipinski definition) is 5. The van der Waals surface area contributed by atoms with E-state index in [0.717, 1.165) is 5.69 Å². The number of aromatic nitrogens is 1. The third kappa shape index (κ3) is 5.74. The minimum atomic E-state index is -1.32. The number of ether oxygens (including phenoxy) is 1. The number of pyridine rings is 1. The lowest BCUT2D eigenvalue weighted by molar-refractivity contribution is -0.144. The molecule has 0 unspecified atom stereocenters. The highest BCUT2D eigenvalue weighted by atomic mass is 19.1. The van der Waals surface area contributed by atoms with Crippen molar-refractivity contribution in [1.82, 2.24) is 15.2 Å². The van der Waals surface area contributed by atoms with Gasteiger partial charge in [0.2, 0.25) is 0 Å². The number of rotatable bonds is 8. The van der Waals surface area contributed by atoms with Crippen molar-refractivity contribution in [1.29, 1.82) is 0 Å². The van der Waals surface area contributed by atoms with Gasteiger partial charge < -0.3 is 15.2 Å². The second kappa shape index (κ2) is 9.61. The van der Waals surface area contributed by atoms with E-state index >= 15 is 0 Å². The van der Waals surface area contributed by atoms with Crippen LogP contribution in [0.4, 0.5) is 4.39 Å². The summed E-state index contributed by atoms with van der Waals surface area (Å²) in [5.41, 5.74) is -0.413. The van der Waals surface area contributed by atoms with E-state index in [1.165, 1.54) is 12.1 Å². The zero-order valence-corrected chi connectivity index (χ0v) is 15.8. The van der Waals surface area contributed by atoms with Gasteiger partial charge in [0.1, 0.15) is 23.8 Å². The Morgan fingerprint density at radius 1 is 1.21 bits per heavy atom. The van der Waals surface area contributed by atoms with Crippen LogP contribution < -0.4 is 10.1 Å². The van der Waals surface area contributed by atoms with E-state index in [2.05, 4.69) is 15.2 Å². The SMILES string of the molecule is O=C(NCCc1ccccn1)C1(O)CCN(CCOc2ccc(F)cc2)CC1. The van der Waals surface area contributed by atoms with Crippen LogP contribution in [0.3, 0.4) is 0 Å². The van der Waals surface area contributed by atoms with E-state index in [1.807, 2.05) is 18.2 Å². The molecule has 2 aromatic rings. The molecule has 1 aliphatic heterocycles. The minimum absolute atomic E-state index is 0.291. The Hall–Kier alpha value is -2.51. The molecule has 1 aliphatic rings. The number of carbonyl (C=O) groups excluding carboxylic acids is 1. The number of amides is 1. The average Bonchev–Trinajstić information content (AvgIpc) is 2.72. The molecular formula is C21H26FN3O3. The first-order chi connectivity index (χ1) is 13.5. The molecule has 0 bridgehead atoms. The van der Waals surface area contributed by atoms with E-state index in [1.54, 1.807) is 18.3 Å². The molecule has 1 fully saturated rings. The van der Waals surface area contributed by atoms with E-state index < -0.39 is 5.60 Å². The second-order valence-electron chi connectivity index (χ2n) is 7.00. The molecule has 1 amide bonds. The lowest BCUT2D eigenvalue weighted by atomic mass is 9.90. The number of benzene rings is 1. The molecule has 3 rings (SSSR count). The second-order valence-corrected chi connectivity index (χ2v) is 7.00. The number of hydrogen-bond donors (Lipinski definition) is 2. The van der Waals surface area contributed by atoms with Crippen molar-refractivity contribution in [3.63, 3.8) is 0 Å². The largest absolute Gasteiger partial charge is 0.492 e. The number of aliphatic hydroxyl groups is 1. The van der Waals surface area contributed by atoms with Crippen LogP contribution >= 0.6 is 0 Å². The van der Waals surface area contributed by atoms with Gasteiger partial charge in [-0.25, -0.2) is 4.39 Å². The standard InChI is InChI=1S/C21H26FN3O3/c22-17-4-6-19(7-5-17)28-16-15-25-13-9-21(27,10-14-25)20(26)24-12-8-18-3-1-2-11-23-18/h1-7,11,27H,8-10,12-16H2,(H,24,26). The van der Waals surface area contributed by atoms with E-state index in [4.69, 9.17) is 4.74 Å². The Balaban J connectivity index is 1.35. The van der Waals surface area contributed by atoms with Crippen molar-refractivity contribution in [2.45, 2.75) is 24.9 Å². The number of carbonyl (C=O) groups is 1. The summed E-state index contributed by atoms with van der Waals surface area (Å²) in [5.74, 6) is 0.0221. The predicted octanol–water partition coefficient (Wildman–Crippen LogP) is 1.79. The smallest absolute Gasteiger partial charge is 0.252 e. The van der Waals surface area contributed by atoms with Crippen LogP contribution in [0.5, 0.6) is 5.75 Å². The maximum atomic E-state index is 12.9. The summed E-state index contributed by atoms with van der Waals surface area (Å²) >= 11 is 0. The van der Waals surface area contributed by atoms with Gasteiger partial charge in [-0.2, -0.15) is 0 Å². The van der Waals surface area contributed by atoms with Gasteiger partial charge in [-0.05, 0) is 49.2 Å². The van der Waals surface area contributed by atoms with Crippen LogP contribution in [-0.2, 0) is 11.2 Å². The Morgan fingerprint density at radius 3 is 2.64 bits per heavy atom. The molecule has 1 aromatic heterocycles. The van der Waals surface area contributed by atoms with Crippen molar-refractivity contribution >= 4 is 5.91 Å². The fourth-order valence-corrected chi connectivity index (χ4v) is 3.21. The van der Waals surface area contributed by atoms with Gasteiger partial charge in [0, 0.05) is 44.5 Å². The van der Waals surface area contributed by atoms with Crippen LogP contribution in [0.1, 0.15) is 18.5 Å². The van der Waals surface area contributed by atoms with Gasteiger partial charge in [0.05, 0.1) is 0 Å². The highest BCUT2D eigenvalue weighted by Crippen LogP contribution is 2.22. The van der Waals surface area contributed by atoms with Gasteiger partial charge in [-0.15, -0.1) is 0 Å². The predicted molar refractivity (Wildman–Crippen MR) is 103 cm³/mol. The molecule has 7 heteroatoms. The van der Waals surface area contributed by atoms with E-state index in [0.29, 0.717) is 57.8 Å². The van der Waals surface area contributed by atoms with Crippen molar-refractivity contribution in [2.24, 2.45) is 0 Å². The zero-order chi connectivity index (χ0) is 19.8. The van der Waals surface area contributed by atoms with Gasteiger partial charge in [-0.3, -0.25) is 14.7 Å². The van der Waals surface area contributed by atoms with Crippen molar-refractivity contribution < 1.29 is 19.0 Å². The summed E-state index contributed by atoms with van der Waals surface area (Å²) in [4.78, 5) is 18.8. The minimum Gasteiger partial charge on any atom is -0.492 e. The van der Waals surface area contributed by atoms with Crippen molar-refractivity contribution in [3.05, 3.63) is 60.2 Å². The van der Waals surface area contributed by atoms with Gasteiger partial charge in [0.15, 0.2) is 0 Å². The fraction of sp³-hybridized carbons (Fsp3) is 0.429. The van der Waals surface area contributed by atoms with Crippen molar-refractivity contribution in [3.8, 4) is 5.75 Å². The molecular weight excluding hydrogens is 361 g/mol. The lowest BCUT2D eigenvalue weighted by Crippen LogP contribution is -2.54. The lowest BCUT2D eigenvalue weighted by Gasteiger charge is -2.36. The van der Waals surface area contributed by atoms with Crippen molar-refractivity contribution in [2.75, 3.05) is 32.8 Å². The number of halogens is 1. The fourth-order valence-electron chi connectivity index (χ4n) is 3.21. The summed E-state index contributed by atoms with van der Waals surface area (Å²) in [6, 6.07) is 11.6. The Labute approximate surface area is 164 Å². The number of piperidine rings is 1. The molecule has 150 valence electrons. The van der Waals surface area contributed by atoms with Crippen LogP contribution in [0.15, 0.2) is 48.7 Å². The average molecular weight is 387 g/mol. The Bertz CT molecular complexity index is 747. The molecule has 0 saturated carbocycles. The number of nitrogens with one attached hydrogen (secondary N) is 1. The Kier molecular flexibility index (Phi) is 6.95. The van der Waals surface area contributed by atoms with Crippen LogP contribution in [0.2, 0.25) is 0 Å². The summed E-state index contributed by atoms with van der Waals surface area (Å²) in [5, 5.41) is 13.5. The number of nitrogens with zero attached hydrogens (tertiary/aromatic N) is 2. The zero-order valence-electron chi connectivity index (χ0n) is 15.8. The van der Waals surface area contributed by atoms with Gasteiger partial charge >= 0.3 is 0 Å². The van der Waals surface area contributed by atoms with Crippen LogP contribution in [0, 0.1) is 5.82 Å². The third-order valence-corrected chi connectivity index (χ3v) is 4.99. The first-order valence-electron chi connectivity index (χ1n) is 9.56. The maximum Gasteiger partial charge on any atom is 0.252 e. The molecule has 0 radical (unpaired) electrons. The molecule has 6 nitrogen and oxygen atoms in total. The summed E-state index contributed by atoms with van der Waals surface area (Å²) in [6.07, 6.45) is 3.13. The molecule has 0 atom stereocenters. The third-order valence-electron chi connectivity index (χ3n) is 4.99. The number of likely N-dealkylation sites (tertiary alicyclic amines) is 1. The molecule has 28 heavy (non-hydrogen) atoms. The summed E-state index contributed by atoms with van der Waals surface area (Å²) in [7, 11) is 0. The van der Waals surface area contributed by atoms with E-state index in [-0.39, 0.29) is 11.7 Å². The summed E-state index contributed by atoms with van der Waals surface area (Å²) < 4.78 is 18.5. The molecule has 1 saturated heterocycles. The van der Waals surface area contributed by atoms with Crippen LogP contribution in [-0.4, -0.2) is 59.3 Å². The first kappa shape index (κ1) is 20.2. The quantitative estimate of drug-likeness (QED) is 0.722. The molecule has 2 N–H and O–H groups in total. The van der Waals surface area contributed by atoms with Gasteiger partial charge in [0.25, 0.3) is 5.91 Å². The molecule has 2 heterocycles. The highest BCUT2D eigenvalue weighted by molar-refractivity contribution is 5.85. The Morgan fingerprint density at radius 2 is 1.96 bits per heavy atom. The normalized spacial score (nSPS) is 16.5. The summed E-state index contributed by atoms with van der Waals surface area (Å²) in [6.45, 7) is 2.86. The monoisotopic (exact) mass is 387 g/mol. The topological polar surface area (TPSA) is 74.7 Å².